The first-order valence-corrected chi connectivity index (χ1v) is 9.70. The molecule has 0 aliphatic carbocycles. The normalized spacial score (nSPS) is 10.8. The average Bonchev–Trinajstić information content (AvgIpc) is 3.12. The maximum Gasteiger partial charge on any atom is 0.258 e. The van der Waals surface area contributed by atoms with E-state index in [0.717, 1.165) is 5.69 Å². The van der Waals surface area contributed by atoms with Crippen LogP contribution in [0.1, 0.15) is 29.9 Å². The van der Waals surface area contributed by atoms with Crippen LogP contribution >= 0.6 is 0 Å². The third kappa shape index (κ3) is 5.84. The summed E-state index contributed by atoms with van der Waals surface area (Å²) < 4.78 is 12.5. The van der Waals surface area contributed by atoms with Crippen molar-refractivity contribution in [3.05, 3.63) is 53.9 Å². The highest BCUT2D eigenvalue weighted by molar-refractivity contribution is 5.99. The van der Waals surface area contributed by atoms with Crippen LogP contribution in [0.25, 0.3) is 0 Å². The Morgan fingerprint density at radius 1 is 1.10 bits per heavy atom. The smallest absolute Gasteiger partial charge is 0.258 e. The van der Waals surface area contributed by atoms with Crippen molar-refractivity contribution in [3.63, 3.8) is 0 Å². The van der Waals surface area contributed by atoms with Gasteiger partial charge in [0.25, 0.3) is 5.91 Å². The summed E-state index contributed by atoms with van der Waals surface area (Å²) in [5.74, 6) is 0.146. The first kappa shape index (κ1) is 22.5. The minimum Gasteiger partial charge on any atom is -0.496 e. The number of carbonyl (C=O) groups excluding carboxylic acids is 2. The topological polar surface area (TPSA) is 64.0 Å². The second-order valence-electron chi connectivity index (χ2n) is 7.15. The Kier molecular flexibility index (Phi) is 8.27. The minimum atomic E-state index is -0.226. The van der Waals surface area contributed by atoms with Gasteiger partial charge in [0.2, 0.25) is 5.91 Å². The van der Waals surface area contributed by atoms with Gasteiger partial charge in [0.1, 0.15) is 12.3 Å². The van der Waals surface area contributed by atoms with Crippen LogP contribution in [0.15, 0.2) is 42.6 Å². The predicted molar refractivity (Wildman–Crippen MR) is 112 cm³/mol. The molecule has 158 valence electrons. The van der Waals surface area contributed by atoms with Gasteiger partial charge in [-0.05, 0) is 38.1 Å². The molecule has 2 aromatic rings. The van der Waals surface area contributed by atoms with Crippen LogP contribution in [-0.2, 0) is 23.1 Å². The van der Waals surface area contributed by atoms with Gasteiger partial charge in [-0.2, -0.15) is 0 Å². The summed E-state index contributed by atoms with van der Waals surface area (Å²) in [5.41, 5.74) is 1.46. The van der Waals surface area contributed by atoms with E-state index < -0.39 is 0 Å². The van der Waals surface area contributed by atoms with Crippen LogP contribution in [0.5, 0.6) is 5.75 Å². The van der Waals surface area contributed by atoms with E-state index in [9.17, 15) is 9.59 Å². The molecule has 7 nitrogen and oxygen atoms in total. The van der Waals surface area contributed by atoms with Gasteiger partial charge in [0.05, 0.1) is 25.8 Å². The number of aromatic nitrogens is 1. The number of hydrogen-bond acceptors (Lipinski definition) is 4. The van der Waals surface area contributed by atoms with E-state index in [1.54, 1.807) is 35.1 Å². The van der Waals surface area contributed by atoms with E-state index in [1.807, 2.05) is 49.9 Å². The monoisotopic (exact) mass is 401 g/mol. The number of hydrogen-bond donors (Lipinski definition) is 0. The van der Waals surface area contributed by atoms with E-state index >= 15 is 0 Å². The van der Waals surface area contributed by atoms with Gasteiger partial charge < -0.3 is 23.8 Å². The van der Waals surface area contributed by atoms with Crippen LogP contribution in [0, 0.1) is 0 Å². The molecule has 0 N–H and O–H groups in total. The molecule has 0 aliphatic rings. The third-order valence-corrected chi connectivity index (χ3v) is 4.85. The summed E-state index contributed by atoms with van der Waals surface area (Å²) in [6.45, 7) is 5.13. The molecule has 0 spiro atoms. The molecule has 0 bridgehead atoms. The van der Waals surface area contributed by atoms with Crippen molar-refractivity contribution in [2.45, 2.75) is 26.4 Å². The van der Waals surface area contributed by atoms with Gasteiger partial charge in [0.15, 0.2) is 0 Å². The molecule has 1 aromatic carbocycles. The molecule has 7 heteroatoms. The number of ether oxygens (including phenoxy) is 2. The van der Waals surface area contributed by atoms with E-state index in [0.29, 0.717) is 31.0 Å². The first-order chi connectivity index (χ1) is 13.9. The van der Waals surface area contributed by atoms with Crippen molar-refractivity contribution >= 4 is 11.8 Å². The van der Waals surface area contributed by atoms with Crippen LogP contribution < -0.4 is 4.74 Å². The van der Waals surface area contributed by atoms with Crippen LogP contribution in [0.2, 0.25) is 0 Å². The van der Waals surface area contributed by atoms with Crippen molar-refractivity contribution in [2.75, 3.05) is 33.9 Å². The summed E-state index contributed by atoms with van der Waals surface area (Å²) >= 11 is 0. The van der Waals surface area contributed by atoms with Crippen molar-refractivity contribution in [2.24, 2.45) is 7.05 Å². The third-order valence-electron chi connectivity index (χ3n) is 4.85. The summed E-state index contributed by atoms with van der Waals surface area (Å²) in [5, 5.41) is 0. The SMILES string of the molecule is COCCN(Cc1cccn1C)C(=O)CN(C(=O)c1ccccc1OC)C(C)C. The predicted octanol–water partition coefficient (Wildman–Crippen LogP) is 2.56. The van der Waals surface area contributed by atoms with Gasteiger partial charge in [-0.3, -0.25) is 9.59 Å². The van der Waals surface area contributed by atoms with E-state index in [-0.39, 0.29) is 24.4 Å². The second kappa shape index (κ2) is 10.7. The van der Waals surface area contributed by atoms with Gasteiger partial charge in [-0.15, -0.1) is 0 Å². The molecule has 0 aliphatic heterocycles. The molecule has 29 heavy (non-hydrogen) atoms. The fraction of sp³-hybridized carbons (Fsp3) is 0.455. The maximum absolute atomic E-state index is 13.2. The highest BCUT2D eigenvalue weighted by Crippen LogP contribution is 2.20. The molecule has 0 saturated carbocycles. The van der Waals surface area contributed by atoms with Crippen molar-refractivity contribution in [1.82, 2.24) is 14.4 Å². The summed E-state index contributed by atoms with van der Waals surface area (Å²) in [4.78, 5) is 29.6. The Morgan fingerprint density at radius 3 is 2.41 bits per heavy atom. The number of amides is 2. The van der Waals surface area contributed by atoms with Gasteiger partial charge >= 0.3 is 0 Å². The molecule has 1 heterocycles. The number of benzene rings is 1. The van der Waals surface area contributed by atoms with Crippen molar-refractivity contribution in [1.29, 1.82) is 0 Å². The van der Waals surface area contributed by atoms with Crippen LogP contribution in [0.3, 0.4) is 0 Å². The molecular weight excluding hydrogens is 370 g/mol. The lowest BCUT2D eigenvalue weighted by atomic mass is 10.1. The number of methoxy groups -OCH3 is 2. The average molecular weight is 402 g/mol. The second-order valence-corrected chi connectivity index (χ2v) is 7.15. The standard InChI is InChI=1S/C22H31N3O4/c1-17(2)25(22(27)19-10-6-7-11-20(19)29-5)16-21(26)24(13-14-28-4)15-18-9-8-12-23(18)3/h6-12,17H,13-16H2,1-5H3. The molecular formula is C22H31N3O4. The number of para-hydroxylation sites is 1. The molecule has 2 amide bonds. The highest BCUT2D eigenvalue weighted by atomic mass is 16.5. The van der Waals surface area contributed by atoms with E-state index in [4.69, 9.17) is 9.47 Å². The Balaban J connectivity index is 2.20. The van der Waals surface area contributed by atoms with Crippen molar-refractivity contribution in [3.8, 4) is 5.75 Å². The minimum absolute atomic E-state index is 0.0112. The first-order valence-electron chi connectivity index (χ1n) is 9.70. The largest absolute Gasteiger partial charge is 0.496 e. The Hall–Kier alpha value is -2.80. The molecule has 0 radical (unpaired) electrons. The number of nitrogens with zero attached hydrogens (tertiary/aromatic N) is 3. The lowest BCUT2D eigenvalue weighted by molar-refractivity contribution is -0.133. The fourth-order valence-electron chi connectivity index (χ4n) is 3.06. The van der Waals surface area contributed by atoms with Gasteiger partial charge in [0, 0.05) is 38.6 Å². The van der Waals surface area contributed by atoms with E-state index in [2.05, 4.69) is 0 Å². The number of carbonyl (C=O) groups is 2. The Bertz CT molecular complexity index is 816. The van der Waals surface area contributed by atoms with Crippen LogP contribution in [0.4, 0.5) is 0 Å². The summed E-state index contributed by atoms with van der Waals surface area (Å²) in [6.07, 6.45) is 1.94. The zero-order valence-corrected chi connectivity index (χ0v) is 17.9. The lowest BCUT2D eigenvalue weighted by Gasteiger charge is -2.30. The highest BCUT2D eigenvalue weighted by Gasteiger charge is 2.26. The zero-order valence-electron chi connectivity index (χ0n) is 17.9. The molecule has 1 aromatic heterocycles. The quantitative estimate of drug-likeness (QED) is 0.614. The molecule has 0 saturated heterocycles. The molecule has 0 fully saturated rings. The van der Waals surface area contributed by atoms with Crippen molar-refractivity contribution < 1.29 is 19.1 Å². The molecule has 0 atom stereocenters. The molecule has 2 rings (SSSR count). The summed E-state index contributed by atoms with van der Waals surface area (Å²) in [7, 11) is 5.08. The summed E-state index contributed by atoms with van der Waals surface area (Å²) in [6, 6.07) is 10.8. The van der Waals surface area contributed by atoms with Gasteiger partial charge in [-0.25, -0.2) is 0 Å². The van der Waals surface area contributed by atoms with E-state index in [1.165, 1.54) is 7.11 Å². The maximum atomic E-state index is 13.2. The molecule has 0 unspecified atom stereocenters. The number of aryl methyl sites for hydroxylation is 1. The Labute approximate surface area is 172 Å². The van der Waals surface area contributed by atoms with Gasteiger partial charge in [-0.1, -0.05) is 12.1 Å². The Morgan fingerprint density at radius 2 is 1.83 bits per heavy atom. The zero-order chi connectivity index (χ0) is 21.4. The van der Waals surface area contributed by atoms with Crippen LogP contribution in [-0.4, -0.2) is 66.1 Å². The lowest BCUT2D eigenvalue weighted by Crippen LogP contribution is -2.46. The number of rotatable bonds is 10. The fourth-order valence-corrected chi connectivity index (χ4v) is 3.06.